The number of nitrogens with zero attached hydrogens (tertiary/aromatic N) is 1. The van der Waals surface area contributed by atoms with Crippen molar-refractivity contribution in [1.82, 2.24) is 10.2 Å². The van der Waals surface area contributed by atoms with Gasteiger partial charge in [0.1, 0.15) is 6.61 Å². The van der Waals surface area contributed by atoms with E-state index >= 15 is 0 Å². The monoisotopic (exact) mass is 404 g/mol. The molecule has 0 aromatic rings. The maximum Gasteiger partial charge on any atom is 0.306 e. The van der Waals surface area contributed by atoms with Gasteiger partial charge in [0, 0.05) is 18.8 Å². The Bertz CT molecular complexity index is 543. The van der Waals surface area contributed by atoms with Crippen molar-refractivity contribution in [2.75, 3.05) is 32.8 Å². The highest BCUT2D eigenvalue weighted by atomic mass is 16.5. The second-order valence-electron chi connectivity index (χ2n) is 8.98. The molecule has 0 bridgehead atoms. The van der Waals surface area contributed by atoms with Crippen molar-refractivity contribution in [1.29, 1.82) is 0 Å². The van der Waals surface area contributed by atoms with Crippen LogP contribution in [0.2, 0.25) is 0 Å². The molecule has 1 aliphatic rings. The van der Waals surface area contributed by atoms with Crippen molar-refractivity contribution in [2.24, 2.45) is 17.8 Å². The molecule has 166 valence electrons. The molecule has 0 aromatic carbocycles. The highest BCUT2D eigenvalue weighted by molar-refractivity contribution is 5.69. The predicted octanol–water partition coefficient (Wildman–Crippen LogP) is 5.33. The van der Waals surface area contributed by atoms with Gasteiger partial charge in [-0.2, -0.15) is 0 Å². The molecule has 0 amide bonds. The molecule has 29 heavy (non-hydrogen) atoms. The summed E-state index contributed by atoms with van der Waals surface area (Å²) in [5.74, 6) is 1.36. The van der Waals surface area contributed by atoms with Crippen molar-refractivity contribution in [3.8, 4) is 0 Å². The molecule has 1 fully saturated rings. The summed E-state index contributed by atoms with van der Waals surface area (Å²) in [5, 5.41) is 3.35. The summed E-state index contributed by atoms with van der Waals surface area (Å²) in [7, 11) is 0. The molecule has 0 saturated carbocycles. The molecule has 0 spiro atoms. The van der Waals surface area contributed by atoms with Crippen LogP contribution >= 0.6 is 0 Å². The van der Waals surface area contributed by atoms with E-state index in [4.69, 9.17) is 4.74 Å². The number of carbonyl (C=O) groups excluding carboxylic acids is 1. The largest absolute Gasteiger partial charge is 0.461 e. The molecule has 1 atom stereocenters. The van der Waals surface area contributed by atoms with E-state index in [0.717, 1.165) is 24.4 Å². The Morgan fingerprint density at radius 2 is 1.79 bits per heavy atom. The van der Waals surface area contributed by atoms with Gasteiger partial charge in [-0.05, 0) is 55.7 Å². The third kappa shape index (κ3) is 11.9. The number of hydrogen-bond donors (Lipinski definition) is 1. The number of nitrogens with one attached hydrogen (secondary N) is 1. The Labute approximate surface area is 179 Å². The van der Waals surface area contributed by atoms with E-state index in [9.17, 15) is 4.79 Å². The highest BCUT2D eigenvalue weighted by Gasteiger charge is 2.11. The molecule has 0 aliphatic carbocycles. The van der Waals surface area contributed by atoms with Gasteiger partial charge >= 0.3 is 5.97 Å². The fourth-order valence-corrected chi connectivity index (χ4v) is 3.13. The fraction of sp³-hybridized carbons (Fsp3) is 0.720. The number of carbonyl (C=O) groups is 1. The van der Waals surface area contributed by atoms with Gasteiger partial charge in [0.05, 0.1) is 6.42 Å². The second kappa shape index (κ2) is 14.4. The van der Waals surface area contributed by atoms with Crippen LogP contribution < -0.4 is 5.32 Å². The molecule has 1 saturated heterocycles. The Morgan fingerprint density at radius 1 is 1.10 bits per heavy atom. The standard InChI is InChI=1S/C25H44N2O2/c1-20(2)22(5)11-10-12-24(21(3)4)19-29-25(28)14-13-23(6)26-15-18-27-16-8-7-9-17-27/h10-12,20-22,26H,6-9,13-19H2,1-5H3/b11-10-,24-12+. The average Bonchev–Trinajstić information content (AvgIpc) is 2.69. The number of esters is 1. The Balaban J connectivity index is 2.26. The van der Waals surface area contributed by atoms with Crippen LogP contribution in [0.1, 0.15) is 66.7 Å². The summed E-state index contributed by atoms with van der Waals surface area (Å²) in [4.78, 5) is 14.6. The Hall–Kier alpha value is -1.55. The smallest absolute Gasteiger partial charge is 0.306 e. The van der Waals surface area contributed by atoms with Crippen molar-refractivity contribution >= 4 is 5.97 Å². The summed E-state index contributed by atoms with van der Waals surface area (Å²) >= 11 is 0. The van der Waals surface area contributed by atoms with E-state index in [-0.39, 0.29) is 5.97 Å². The van der Waals surface area contributed by atoms with Gasteiger partial charge < -0.3 is 15.0 Å². The lowest BCUT2D eigenvalue weighted by Crippen LogP contribution is -2.35. The highest BCUT2D eigenvalue weighted by Crippen LogP contribution is 2.14. The van der Waals surface area contributed by atoms with Crippen molar-refractivity contribution in [2.45, 2.75) is 66.7 Å². The average molecular weight is 405 g/mol. The molecular formula is C25H44N2O2. The van der Waals surface area contributed by atoms with Gasteiger partial charge in [0.2, 0.25) is 0 Å². The molecule has 0 aromatic heterocycles. The number of hydrogen-bond acceptors (Lipinski definition) is 4. The van der Waals surface area contributed by atoms with Crippen LogP contribution in [0, 0.1) is 17.8 Å². The lowest BCUT2D eigenvalue weighted by molar-refractivity contribution is -0.142. The third-order valence-corrected chi connectivity index (χ3v) is 5.80. The van der Waals surface area contributed by atoms with E-state index in [1.165, 1.54) is 32.4 Å². The van der Waals surface area contributed by atoms with Crippen molar-refractivity contribution in [3.05, 3.63) is 36.1 Å². The van der Waals surface area contributed by atoms with Crippen molar-refractivity contribution in [3.63, 3.8) is 0 Å². The normalized spacial score (nSPS) is 17.1. The van der Waals surface area contributed by atoms with Crippen LogP contribution in [-0.4, -0.2) is 43.7 Å². The van der Waals surface area contributed by atoms with E-state index in [1.54, 1.807) is 0 Å². The van der Waals surface area contributed by atoms with Crippen LogP contribution in [0.25, 0.3) is 0 Å². The zero-order valence-electron chi connectivity index (χ0n) is 19.5. The van der Waals surface area contributed by atoms with Crippen LogP contribution in [-0.2, 0) is 9.53 Å². The van der Waals surface area contributed by atoms with Crippen LogP contribution in [0.3, 0.4) is 0 Å². The molecule has 1 heterocycles. The number of likely N-dealkylation sites (tertiary alicyclic amines) is 1. The molecule has 0 radical (unpaired) electrons. The zero-order valence-corrected chi connectivity index (χ0v) is 19.5. The molecule has 1 aliphatic heterocycles. The molecular weight excluding hydrogens is 360 g/mol. The van der Waals surface area contributed by atoms with E-state index in [1.807, 2.05) is 0 Å². The van der Waals surface area contributed by atoms with Gasteiger partial charge in [0.15, 0.2) is 0 Å². The maximum absolute atomic E-state index is 12.1. The van der Waals surface area contributed by atoms with E-state index in [2.05, 4.69) is 69.6 Å². The van der Waals surface area contributed by atoms with Gasteiger partial charge in [-0.15, -0.1) is 0 Å². The lowest BCUT2D eigenvalue weighted by atomic mass is 9.97. The van der Waals surface area contributed by atoms with Crippen LogP contribution in [0.15, 0.2) is 36.1 Å². The molecule has 4 heteroatoms. The van der Waals surface area contributed by atoms with Crippen LogP contribution in [0.5, 0.6) is 0 Å². The summed E-state index contributed by atoms with van der Waals surface area (Å²) in [6.07, 6.45) is 11.4. The SMILES string of the molecule is C=C(CCC(=O)OC/C(=C\C=C/C(C)C(C)C)C(C)C)NCCN1CCCCC1. The van der Waals surface area contributed by atoms with E-state index in [0.29, 0.717) is 37.2 Å². The number of rotatable bonds is 13. The third-order valence-electron chi connectivity index (χ3n) is 5.80. The topological polar surface area (TPSA) is 41.6 Å². The second-order valence-corrected chi connectivity index (χ2v) is 8.98. The molecule has 1 N–H and O–H groups in total. The van der Waals surface area contributed by atoms with Crippen molar-refractivity contribution < 1.29 is 9.53 Å². The van der Waals surface area contributed by atoms with Crippen LogP contribution in [0.4, 0.5) is 0 Å². The van der Waals surface area contributed by atoms with Gasteiger partial charge in [0.25, 0.3) is 0 Å². The first-order valence-corrected chi connectivity index (χ1v) is 11.5. The first-order chi connectivity index (χ1) is 13.8. The number of allylic oxidation sites excluding steroid dienone is 4. The number of piperidine rings is 1. The quantitative estimate of drug-likeness (QED) is 0.333. The summed E-state index contributed by atoms with van der Waals surface area (Å²) in [5.41, 5.74) is 2.06. The Kier molecular flexibility index (Phi) is 12.7. The first kappa shape index (κ1) is 25.5. The minimum absolute atomic E-state index is 0.157. The predicted molar refractivity (Wildman–Crippen MR) is 124 cm³/mol. The number of ether oxygens (including phenoxy) is 1. The minimum atomic E-state index is -0.157. The van der Waals surface area contributed by atoms with Gasteiger partial charge in [-0.25, -0.2) is 0 Å². The summed E-state index contributed by atoms with van der Waals surface area (Å²) in [6, 6.07) is 0. The minimum Gasteiger partial charge on any atom is -0.461 e. The first-order valence-electron chi connectivity index (χ1n) is 11.5. The molecule has 1 rings (SSSR count). The molecule has 4 nitrogen and oxygen atoms in total. The zero-order chi connectivity index (χ0) is 21.6. The lowest BCUT2D eigenvalue weighted by Gasteiger charge is -2.26. The van der Waals surface area contributed by atoms with Gasteiger partial charge in [-0.3, -0.25) is 4.79 Å². The summed E-state index contributed by atoms with van der Waals surface area (Å²) < 4.78 is 5.50. The molecule has 1 unspecified atom stereocenters. The Morgan fingerprint density at radius 3 is 2.41 bits per heavy atom. The van der Waals surface area contributed by atoms with E-state index < -0.39 is 0 Å². The summed E-state index contributed by atoms with van der Waals surface area (Å²) in [6.45, 7) is 19.7. The maximum atomic E-state index is 12.1. The van der Waals surface area contributed by atoms with Gasteiger partial charge in [-0.1, -0.05) is 65.8 Å². The fourth-order valence-electron chi connectivity index (χ4n) is 3.13.